The molecule has 3 aromatic rings. The molecule has 1 aromatic carbocycles. The molecule has 3 heterocycles. The molecule has 1 aliphatic rings. The summed E-state index contributed by atoms with van der Waals surface area (Å²) in [5.74, 6) is -0.426. The molecule has 29 heavy (non-hydrogen) atoms. The molecule has 2 aromatic heterocycles. The number of carbonyl (C=O) groups excluding carboxylic acids is 2. The number of nitrogens with zero attached hydrogens (tertiary/aromatic N) is 3. The normalized spacial score (nSPS) is 15.3. The Balaban J connectivity index is 1.55. The van der Waals surface area contributed by atoms with E-state index >= 15 is 0 Å². The predicted molar refractivity (Wildman–Crippen MR) is 97.3 cm³/mol. The zero-order chi connectivity index (χ0) is 21.0. The Morgan fingerprint density at radius 2 is 1.97 bits per heavy atom. The first-order valence-electron chi connectivity index (χ1n) is 8.72. The van der Waals surface area contributed by atoms with Crippen LogP contribution in [0.25, 0.3) is 5.65 Å². The molecule has 2 amide bonds. The Kier molecular flexibility index (Phi) is 4.10. The highest BCUT2D eigenvalue weighted by Gasteiger charge is 2.38. The number of hydrogen-bond acceptors (Lipinski definition) is 4. The number of rotatable bonds is 3. The largest absolute Gasteiger partial charge is 0.417 e. The third-order valence-electron chi connectivity index (χ3n) is 4.98. The maximum atomic E-state index is 12.9. The van der Waals surface area contributed by atoms with Gasteiger partial charge in [-0.2, -0.15) is 13.2 Å². The topological polar surface area (TPSA) is 88.4 Å². The van der Waals surface area contributed by atoms with E-state index < -0.39 is 23.1 Å². The lowest BCUT2D eigenvalue weighted by atomic mass is 9.85. The second-order valence-electron chi connectivity index (χ2n) is 7.28. The Labute approximate surface area is 162 Å². The van der Waals surface area contributed by atoms with E-state index in [4.69, 9.17) is 0 Å². The van der Waals surface area contributed by atoms with E-state index in [1.54, 1.807) is 32.0 Å². The summed E-state index contributed by atoms with van der Waals surface area (Å²) >= 11 is 0. The molecule has 0 bridgehead atoms. The summed E-state index contributed by atoms with van der Waals surface area (Å²) < 4.78 is 40.0. The number of anilines is 1. The molecule has 0 saturated carbocycles. The molecule has 0 unspecified atom stereocenters. The number of nitrogens with one attached hydrogen (secondary N) is 2. The fraction of sp³-hybridized carbons (Fsp3) is 0.263. The van der Waals surface area contributed by atoms with Gasteiger partial charge in [-0.1, -0.05) is 0 Å². The first-order valence-corrected chi connectivity index (χ1v) is 8.72. The molecule has 0 atom stereocenters. The number of fused-ring (bicyclic) bond motifs is 2. The quantitative estimate of drug-likeness (QED) is 0.704. The van der Waals surface area contributed by atoms with Crippen LogP contribution in [-0.2, 0) is 22.9 Å². The van der Waals surface area contributed by atoms with E-state index in [9.17, 15) is 22.8 Å². The summed E-state index contributed by atoms with van der Waals surface area (Å²) in [7, 11) is 0. The fourth-order valence-electron chi connectivity index (χ4n) is 3.20. The number of halogens is 3. The lowest BCUT2D eigenvalue weighted by Gasteiger charge is -2.15. The lowest BCUT2D eigenvalue weighted by molar-refractivity contribution is -0.137. The molecule has 7 nitrogen and oxygen atoms in total. The van der Waals surface area contributed by atoms with Crippen molar-refractivity contribution in [1.29, 1.82) is 0 Å². The minimum absolute atomic E-state index is 0.112. The van der Waals surface area contributed by atoms with Gasteiger partial charge in [0.05, 0.1) is 17.5 Å². The highest BCUT2D eigenvalue weighted by molar-refractivity contribution is 6.07. The second kappa shape index (κ2) is 6.29. The van der Waals surface area contributed by atoms with Gasteiger partial charge in [-0.05, 0) is 49.7 Å². The third-order valence-corrected chi connectivity index (χ3v) is 4.98. The van der Waals surface area contributed by atoms with Gasteiger partial charge < -0.3 is 10.6 Å². The second-order valence-corrected chi connectivity index (χ2v) is 7.28. The highest BCUT2D eigenvalue weighted by atomic mass is 19.4. The van der Waals surface area contributed by atoms with Crippen LogP contribution in [0.5, 0.6) is 0 Å². The fourth-order valence-corrected chi connectivity index (χ4v) is 3.20. The molecule has 0 aliphatic carbocycles. The van der Waals surface area contributed by atoms with Crippen molar-refractivity contribution in [2.45, 2.75) is 32.0 Å². The predicted octanol–water partition coefficient (Wildman–Crippen LogP) is 2.91. The number of amides is 2. The van der Waals surface area contributed by atoms with E-state index in [0.29, 0.717) is 16.8 Å². The maximum Gasteiger partial charge on any atom is 0.417 e. The standard InChI is InChI=1S/C19H16F3N5O2/c1-18(2)12-7-10(3-5-13(12)24-17(18)29)16(28)23-8-15-26-25-14-6-4-11(9-27(14)15)19(20,21)22/h3-7,9H,8H2,1-2H3,(H,23,28)(H,24,29). The summed E-state index contributed by atoms with van der Waals surface area (Å²) in [6.07, 6.45) is -3.60. The van der Waals surface area contributed by atoms with Crippen molar-refractivity contribution in [3.63, 3.8) is 0 Å². The van der Waals surface area contributed by atoms with Gasteiger partial charge >= 0.3 is 6.18 Å². The molecular formula is C19H16F3N5O2. The molecule has 4 rings (SSSR count). The minimum Gasteiger partial charge on any atom is -0.345 e. The summed E-state index contributed by atoms with van der Waals surface area (Å²) in [5, 5.41) is 13.1. The first kappa shape index (κ1) is 18.9. The molecule has 2 N–H and O–H groups in total. The summed E-state index contributed by atoms with van der Waals surface area (Å²) in [6.45, 7) is 3.41. The summed E-state index contributed by atoms with van der Waals surface area (Å²) in [6, 6.07) is 6.99. The van der Waals surface area contributed by atoms with Crippen molar-refractivity contribution in [2.24, 2.45) is 0 Å². The summed E-state index contributed by atoms with van der Waals surface area (Å²) in [5.41, 5.74) is 0.334. The first-order chi connectivity index (χ1) is 13.6. The monoisotopic (exact) mass is 403 g/mol. The van der Waals surface area contributed by atoms with E-state index in [1.165, 1.54) is 10.5 Å². The van der Waals surface area contributed by atoms with Gasteiger partial charge in [-0.25, -0.2) is 0 Å². The summed E-state index contributed by atoms with van der Waals surface area (Å²) in [4.78, 5) is 24.6. The van der Waals surface area contributed by atoms with Gasteiger partial charge in [0.25, 0.3) is 5.91 Å². The molecule has 0 radical (unpaired) electrons. The van der Waals surface area contributed by atoms with Gasteiger partial charge in [0.1, 0.15) is 0 Å². The number of benzene rings is 1. The van der Waals surface area contributed by atoms with Crippen molar-refractivity contribution in [1.82, 2.24) is 19.9 Å². The van der Waals surface area contributed by atoms with Gasteiger partial charge in [0, 0.05) is 17.4 Å². The molecule has 150 valence electrons. The van der Waals surface area contributed by atoms with E-state index in [0.717, 1.165) is 12.3 Å². The van der Waals surface area contributed by atoms with E-state index in [-0.39, 0.29) is 23.9 Å². The van der Waals surface area contributed by atoms with Crippen molar-refractivity contribution in [3.8, 4) is 0 Å². The van der Waals surface area contributed by atoms with Gasteiger partial charge in [0.15, 0.2) is 11.5 Å². The Morgan fingerprint density at radius 3 is 2.69 bits per heavy atom. The molecule has 1 aliphatic heterocycles. The van der Waals surface area contributed by atoms with Crippen LogP contribution in [0.4, 0.5) is 18.9 Å². The van der Waals surface area contributed by atoms with Crippen LogP contribution in [0.2, 0.25) is 0 Å². The molecular weight excluding hydrogens is 387 g/mol. The number of carbonyl (C=O) groups is 2. The lowest BCUT2D eigenvalue weighted by Crippen LogP contribution is -2.27. The number of pyridine rings is 1. The van der Waals surface area contributed by atoms with Gasteiger partial charge in [-0.15, -0.1) is 10.2 Å². The molecule has 10 heteroatoms. The smallest absolute Gasteiger partial charge is 0.345 e. The number of hydrogen-bond donors (Lipinski definition) is 2. The zero-order valence-electron chi connectivity index (χ0n) is 15.5. The Hall–Kier alpha value is -3.43. The van der Waals surface area contributed by atoms with E-state index in [1.807, 2.05) is 0 Å². The van der Waals surface area contributed by atoms with Crippen molar-refractivity contribution in [2.75, 3.05) is 5.32 Å². The number of aromatic nitrogens is 3. The third kappa shape index (κ3) is 3.20. The van der Waals surface area contributed by atoms with Crippen LogP contribution >= 0.6 is 0 Å². The van der Waals surface area contributed by atoms with Crippen molar-refractivity contribution >= 4 is 23.1 Å². The SMILES string of the molecule is CC1(C)C(=O)Nc2ccc(C(=O)NCc3nnc4ccc(C(F)(F)F)cn34)cc21. The van der Waals surface area contributed by atoms with Crippen LogP contribution in [0.3, 0.4) is 0 Å². The zero-order valence-corrected chi connectivity index (χ0v) is 15.5. The van der Waals surface area contributed by atoms with Crippen LogP contribution in [0, 0.1) is 0 Å². The Morgan fingerprint density at radius 1 is 1.21 bits per heavy atom. The molecule has 0 spiro atoms. The van der Waals surface area contributed by atoms with Crippen LogP contribution < -0.4 is 10.6 Å². The number of alkyl halides is 3. The van der Waals surface area contributed by atoms with Gasteiger partial charge in [-0.3, -0.25) is 14.0 Å². The Bertz CT molecular complexity index is 1150. The molecule has 0 fully saturated rings. The maximum absolute atomic E-state index is 12.9. The van der Waals surface area contributed by atoms with Crippen molar-refractivity contribution < 1.29 is 22.8 Å². The van der Waals surface area contributed by atoms with Crippen LogP contribution in [0.15, 0.2) is 36.5 Å². The van der Waals surface area contributed by atoms with E-state index in [2.05, 4.69) is 20.8 Å². The highest BCUT2D eigenvalue weighted by Crippen LogP contribution is 2.37. The van der Waals surface area contributed by atoms with Crippen LogP contribution in [0.1, 0.15) is 41.2 Å². The van der Waals surface area contributed by atoms with Crippen LogP contribution in [-0.4, -0.2) is 26.4 Å². The minimum atomic E-state index is -4.50. The molecule has 0 saturated heterocycles. The van der Waals surface area contributed by atoms with Gasteiger partial charge in [0.2, 0.25) is 5.91 Å². The van der Waals surface area contributed by atoms with Crippen molar-refractivity contribution in [3.05, 3.63) is 59.0 Å². The average Bonchev–Trinajstić information content (AvgIpc) is 3.17. The average molecular weight is 403 g/mol.